The molecule has 0 aromatic carbocycles. The Morgan fingerprint density at radius 3 is 3.05 bits per heavy atom. The molecule has 1 unspecified atom stereocenters. The summed E-state index contributed by atoms with van der Waals surface area (Å²) in [7, 11) is 0. The van der Waals surface area contributed by atoms with Crippen molar-refractivity contribution in [3.05, 3.63) is 5.89 Å². The SMILES string of the molecule is CCCNCc1nnc(N2CCCCCC2CO)o1. The summed E-state index contributed by atoms with van der Waals surface area (Å²) >= 11 is 0. The minimum absolute atomic E-state index is 0.111. The molecule has 2 heterocycles. The quantitative estimate of drug-likeness (QED) is 0.758. The maximum Gasteiger partial charge on any atom is 0.318 e. The fraction of sp³-hybridized carbons (Fsp3) is 0.846. The van der Waals surface area contributed by atoms with Gasteiger partial charge in [0.2, 0.25) is 5.89 Å². The molecule has 1 aromatic rings. The molecule has 6 nitrogen and oxygen atoms in total. The van der Waals surface area contributed by atoms with Gasteiger partial charge in [-0.25, -0.2) is 0 Å². The Morgan fingerprint density at radius 2 is 2.26 bits per heavy atom. The van der Waals surface area contributed by atoms with E-state index < -0.39 is 0 Å². The van der Waals surface area contributed by atoms with Crippen LogP contribution in [0.25, 0.3) is 0 Å². The molecule has 0 aliphatic carbocycles. The van der Waals surface area contributed by atoms with Gasteiger partial charge >= 0.3 is 6.01 Å². The number of anilines is 1. The third-order valence-corrected chi connectivity index (χ3v) is 3.49. The van der Waals surface area contributed by atoms with Crippen molar-refractivity contribution in [2.24, 2.45) is 0 Å². The molecule has 1 aromatic heterocycles. The molecule has 0 radical (unpaired) electrons. The van der Waals surface area contributed by atoms with E-state index in [9.17, 15) is 5.11 Å². The lowest BCUT2D eigenvalue weighted by atomic mass is 10.1. The lowest BCUT2D eigenvalue weighted by Crippen LogP contribution is -2.37. The molecule has 0 spiro atoms. The van der Waals surface area contributed by atoms with E-state index in [1.807, 2.05) is 0 Å². The number of aliphatic hydroxyl groups excluding tert-OH is 1. The average Bonchev–Trinajstić information content (AvgIpc) is 2.76. The van der Waals surface area contributed by atoms with Crippen LogP contribution in [0, 0.1) is 0 Å². The summed E-state index contributed by atoms with van der Waals surface area (Å²) in [5, 5.41) is 20.9. The van der Waals surface area contributed by atoms with E-state index >= 15 is 0 Å². The van der Waals surface area contributed by atoms with Crippen LogP contribution in [-0.4, -0.2) is 41.0 Å². The molecular weight excluding hydrogens is 244 g/mol. The first-order valence-electron chi connectivity index (χ1n) is 7.25. The van der Waals surface area contributed by atoms with Crippen molar-refractivity contribution in [2.45, 2.75) is 51.6 Å². The van der Waals surface area contributed by atoms with Gasteiger partial charge in [-0.3, -0.25) is 0 Å². The van der Waals surface area contributed by atoms with Crippen molar-refractivity contribution < 1.29 is 9.52 Å². The Morgan fingerprint density at radius 1 is 1.37 bits per heavy atom. The Bertz CT molecular complexity index is 369. The standard InChI is InChI=1S/C13H24N4O2/c1-2-7-14-9-12-15-16-13(19-12)17-8-5-3-4-6-11(17)10-18/h11,14,18H,2-10H2,1H3. The molecule has 0 saturated carbocycles. The van der Waals surface area contributed by atoms with Gasteiger partial charge in [-0.15, -0.1) is 5.10 Å². The monoisotopic (exact) mass is 268 g/mol. The molecule has 1 saturated heterocycles. The highest BCUT2D eigenvalue weighted by Gasteiger charge is 2.24. The molecule has 19 heavy (non-hydrogen) atoms. The van der Waals surface area contributed by atoms with Crippen LogP contribution in [0.5, 0.6) is 0 Å². The third kappa shape index (κ3) is 3.91. The Balaban J connectivity index is 1.98. The molecular formula is C13H24N4O2. The summed E-state index contributed by atoms with van der Waals surface area (Å²) in [5.41, 5.74) is 0. The maximum absolute atomic E-state index is 9.48. The molecule has 6 heteroatoms. The highest BCUT2D eigenvalue weighted by molar-refractivity contribution is 5.27. The van der Waals surface area contributed by atoms with Gasteiger partial charge in [-0.1, -0.05) is 24.9 Å². The van der Waals surface area contributed by atoms with Crippen LogP contribution in [-0.2, 0) is 6.54 Å². The molecule has 1 aliphatic heterocycles. The minimum atomic E-state index is 0.111. The average molecular weight is 268 g/mol. The fourth-order valence-corrected chi connectivity index (χ4v) is 2.42. The lowest BCUT2D eigenvalue weighted by molar-refractivity contribution is 0.250. The molecule has 2 N–H and O–H groups in total. The molecule has 1 atom stereocenters. The van der Waals surface area contributed by atoms with Crippen LogP contribution < -0.4 is 10.2 Å². The minimum Gasteiger partial charge on any atom is -0.407 e. The van der Waals surface area contributed by atoms with Gasteiger partial charge in [0.25, 0.3) is 0 Å². The summed E-state index contributed by atoms with van der Waals surface area (Å²) in [6, 6.07) is 0.661. The summed E-state index contributed by atoms with van der Waals surface area (Å²) in [6.07, 6.45) is 5.54. The molecule has 1 aliphatic rings. The largest absolute Gasteiger partial charge is 0.407 e. The van der Waals surface area contributed by atoms with Crippen molar-refractivity contribution in [2.75, 3.05) is 24.6 Å². The van der Waals surface area contributed by atoms with Gasteiger partial charge in [0, 0.05) is 6.54 Å². The molecule has 0 amide bonds. The Labute approximate surface area is 114 Å². The van der Waals surface area contributed by atoms with Gasteiger partial charge in [0.1, 0.15) is 0 Å². The topological polar surface area (TPSA) is 74.4 Å². The van der Waals surface area contributed by atoms with E-state index in [0.29, 0.717) is 18.5 Å². The first-order chi connectivity index (χ1) is 9.35. The van der Waals surface area contributed by atoms with Crippen LogP contribution in [0.1, 0.15) is 44.9 Å². The lowest BCUT2D eigenvalue weighted by Gasteiger charge is -2.26. The number of rotatable bonds is 6. The third-order valence-electron chi connectivity index (χ3n) is 3.49. The number of aromatic nitrogens is 2. The zero-order valence-corrected chi connectivity index (χ0v) is 11.6. The highest BCUT2D eigenvalue weighted by atomic mass is 16.4. The second-order valence-electron chi connectivity index (χ2n) is 5.03. The van der Waals surface area contributed by atoms with E-state index in [4.69, 9.17) is 4.42 Å². The zero-order chi connectivity index (χ0) is 13.5. The first kappa shape index (κ1) is 14.3. The van der Waals surface area contributed by atoms with Crippen LogP contribution >= 0.6 is 0 Å². The van der Waals surface area contributed by atoms with Gasteiger partial charge in [-0.2, -0.15) is 0 Å². The Kier molecular flexibility index (Phi) is 5.60. The van der Waals surface area contributed by atoms with E-state index in [2.05, 4.69) is 27.3 Å². The summed E-state index contributed by atoms with van der Waals surface area (Å²) < 4.78 is 5.69. The molecule has 2 rings (SSSR count). The second kappa shape index (κ2) is 7.45. The number of nitrogens with one attached hydrogen (secondary N) is 1. The zero-order valence-electron chi connectivity index (χ0n) is 11.6. The van der Waals surface area contributed by atoms with Gasteiger partial charge in [-0.05, 0) is 25.8 Å². The van der Waals surface area contributed by atoms with Gasteiger partial charge in [0.15, 0.2) is 0 Å². The van der Waals surface area contributed by atoms with Crippen molar-refractivity contribution in [1.82, 2.24) is 15.5 Å². The maximum atomic E-state index is 9.48. The number of hydrogen-bond acceptors (Lipinski definition) is 6. The summed E-state index contributed by atoms with van der Waals surface area (Å²) in [6.45, 7) is 4.70. The molecule has 1 fully saturated rings. The molecule has 0 bridgehead atoms. The fourth-order valence-electron chi connectivity index (χ4n) is 2.42. The normalized spacial score (nSPS) is 20.5. The highest BCUT2D eigenvalue weighted by Crippen LogP contribution is 2.22. The van der Waals surface area contributed by atoms with E-state index in [1.165, 1.54) is 6.42 Å². The van der Waals surface area contributed by atoms with Crippen LogP contribution in [0.2, 0.25) is 0 Å². The molecule has 108 valence electrons. The van der Waals surface area contributed by atoms with Crippen molar-refractivity contribution in [1.29, 1.82) is 0 Å². The van der Waals surface area contributed by atoms with E-state index in [1.54, 1.807) is 0 Å². The first-order valence-corrected chi connectivity index (χ1v) is 7.25. The van der Waals surface area contributed by atoms with E-state index in [-0.39, 0.29) is 12.6 Å². The van der Waals surface area contributed by atoms with Crippen molar-refractivity contribution >= 4 is 6.01 Å². The van der Waals surface area contributed by atoms with Crippen LogP contribution in [0.4, 0.5) is 6.01 Å². The number of hydrogen-bond donors (Lipinski definition) is 2. The Hall–Kier alpha value is -1.14. The number of nitrogens with zero attached hydrogens (tertiary/aromatic N) is 3. The summed E-state index contributed by atoms with van der Waals surface area (Å²) in [4.78, 5) is 2.06. The second-order valence-corrected chi connectivity index (χ2v) is 5.03. The predicted molar refractivity (Wildman–Crippen MR) is 73.0 cm³/mol. The van der Waals surface area contributed by atoms with Gasteiger partial charge in [0.05, 0.1) is 19.2 Å². The van der Waals surface area contributed by atoms with E-state index in [0.717, 1.165) is 38.8 Å². The van der Waals surface area contributed by atoms with Gasteiger partial charge < -0.3 is 19.7 Å². The smallest absolute Gasteiger partial charge is 0.318 e. The van der Waals surface area contributed by atoms with Crippen LogP contribution in [0.15, 0.2) is 4.42 Å². The predicted octanol–water partition coefficient (Wildman–Crippen LogP) is 1.31. The van der Waals surface area contributed by atoms with Crippen LogP contribution in [0.3, 0.4) is 0 Å². The number of aliphatic hydroxyl groups is 1. The van der Waals surface area contributed by atoms with Crippen molar-refractivity contribution in [3.63, 3.8) is 0 Å². The van der Waals surface area contributed by atoms with Crippen molar-refractivity contribution in [3.8, 4) is 0 Å². The summed E-state index contributed by atoms with van der Waals surface area (Å²) in [5.74, 6) is 0.615.